The third kappa shape index (κ3) is 5.06. The van der Waals surface area contributed by atoms with E-state index in [1.165, 1.54) is 31.6 Å². The molecule has 1 unspecified atom stereocenters. The molecule has 0 radical (unpaired) electrons. The van der Waals surface area contributed by atoms with E-state index in [0.717, 1.165) is 11.1 Å². The number of methoxy groups -OCH3 is 1. The molecule has 2 heterocycles. The van der Waals surface area contributed by atoms with Gasteiger partial charge >= 0.3 is 12.0 Å². The largest absolute Gasteiger partial charge is 0.478 e. The van der Waals surface area contributed by atoms with Crippen LogP contribution in [0.1, 0.15) is 48.3 Å². The highest BCUT2D eigenvalue weighted by Crippen LogP contribution is 2.31. The number of ether oxygens (including phenoxy) is 1. The fourth-order valence-electron chi connectivity index (χ4n) is 3.55. The van der Waals surface area contributed by atoms with Crippen molar-refractivity contribution in [2.24, 2.45) is 0 Å². The quantitative estimate of drug-likeness (QED) is 0.389. The van der Waals surface area contributed by atoms with Gasteiger partial charge in [-0.15, -0.1) is 0 Å². The zero-order valence-electron chi connectivity index (χ0n) is 19.7. The topological polar surface area (TPSA) is 115 Å². The number of hydrogen-bond acceptors (Lipinski definition) is 7. The monoisotopic (exact) mass is 461 g/mol. The molecular formula is C26H27N3O5. The smallest absolute Gasteiger partial charge is 0.337 e. The fourth-order valence-corrected chi connectivity index (χ4v) is 3.55. The first-order valence-corrected chi connectivity index (χ1v) is 10.9. The Morgan fingerprint density at radius 1 is 1.12 bits per heavy atom. The number of aryl methyl sites for hydroxylation is 1. The molecule has 8 heteroatoms. The molecule has 0 bridgehead atoms. The minimum absolute atomic E-state index is 0.161. The van der Waals surface area contributed by atoms with Crippen molar-refractivity contribution in [1.29, 1.82) is 0 Å². The Morgan fingerprint density at radius 3 is 2.44 bits per heavy atom. The Bertz CT molecular complexity index is 1360. The Morgan fingerprint density at radius 2 is 1.79 bits per heavy atom. The maximum Gasteiger partial charge on any atom is 0.337 e. The van der Waals surface area contributed by atoms with Crippen LogP contribution in [0.5, 0.6) is 6.01 Å². The molecular weight excluding hydrogens is 434 g/mol. The molecule has 0 aliphatic carbocycles. The van der Waals surface area contributed by atoms with Crippen molar-refractivity contribution < 1.29 is 19.1 Å². The molecule has 2 N–H and O–H groups in total. The van der Waals surface area contributed by atoms with Crippen LogP contribution in [-0.2, 0) is 0 Å². The number of nitrogens with zero attached hydrogens (tertiary/aromatic N) is 2. The van der Waals surface area contributed by atoms with E-state index in [9.17, 15) is 14.7 Å². The summed E-state index contributed by atoms with van der Waals surface area (Å²) in [6, 6.07) is 11.6. The molecule has 0 saturated heterocycles. The number of benzene rings is 2. The molecule has 0 fully saturated rings. The molecule has 0 amide bonds. The number of carboxylic acids is 1. The van der Waals surface area contributed by atoms with E-state index in [1.807, 2.05) is 33.8 Å². The predicted molar refractivity (Wildman–Crippen MR) is 132 cm³/mol. The standard InChI is InChI=1S/C24H21N3O5.C2H6/c1-13-8-17(14(2)27-19-7-5-4-6-16(19)23(29)30)22-18(9-13)20(28)10-21(32-22)15-11-25-24(31-3)26-12-15;1-2/h4-12,14,27H,1-3H3,(H,29,30);1-2H3. The van der Waals surface area contributed by atoms with Gasteiger partial charge in [0.05, 0.1) is 29.7 Å². The average molecular weight is 462 g/mol. The van der Waals surface area contributed by atoms with Gasteiger partial charge in [-0.2, -0.15) is 0 Å². The van der Waals surface area contributed by atoms with Crippen molar-refractivity contribution in [3.63, 3.8) is 0 Å². The summed E-state index contributed by atoms with van der Waals surface area (Å²) >= 11 is 0. The van der Waals surface area contributed by atoms with E-state index >= 15 is 0 Å². The lowest BCUT2D eigenvalue weighted by Gasteiger charge is -2.19. The zero-order chi connectivity index (χ0) is 24.8. The molecule has 4 rings (SSSR count). The number of rotatable bonds is 6. The fraction of sp³-hybridized carbons (Fsp3) is 0.231. The Labute approximate surface area is 197 Å². The number of aromatic carboxylic acids is 1. The predicted octanol–water partition coefficient (Wildman–Crippen LogP) is 5.46. The van der Waals surface area contributed by atoms with E-state index in [4.69, 9.17) is 9.15 Å². The van der Waals surface area contributed by atoms with E-state index in [0.29, 0.717) is 28.0 Å². The summed E-state index contributed by atoms with van der Waals surface area (Å²) in [6.07, 6.45) is 3.04. The van der Waals surface area contributed by atoms with Gasteiger partial charge in [0.25, 0.3) is 0 Å². The first-order valence-electron chi connectivity index (χ1n) is 10.9. The molecule has 176 valence electrons. The first kappa shape index (κ1) is 24.4. The second-order valence-corrected chi connectivity index (χ2v) is 7.38. The number of aromatic nitrogens is 2. The van der Waals surface area contributed by atoms with Crippen molar-refractivity contribution in [2.45, 2.75) is 33.7 Å². The molecule has 4 aromatic rings. The highest BCUT2D eigenvalue weighted by atomic mass is 16.5. The SMILES string of the molecule is CC.COc1ncc(-c2cc(=O)c3cc(C)cc(C(C)Nc4ccccc4C(=O)O)c3o2)cn1. The van der Waals surface area contributed by atoms with E-state index in [-0.39, 0.29) is 23.0 Å². The zero-order valence-corrected chi connectivity index (χ0v) is 19.7. The van der Waals surface area contributed by atoms with Crippen LogP contribution in [0.15, 0.2) is 64.1 Å². The maximum atomic E-state index is 12.9. The average Bonchev–Trinajstić information content (AvgIpc) is 2.85. The van der Waals surface area contributed by atoms with Gasteiger partial charge in [0.2, 0.25) is 0 Å². The van der Waals surface area contributed by atoms with Gasteiger partial charge in [0.1, 0.15) is 11.3 Å². The number of para-hydroxylation sites is 1. The van der Waals surface area contributed by atoms with Crippen LogP contribution in [0.25, 0.3) is 22.3 Å². The van der Waals surface area contributed by atoms with Gasteiger partial charge in [-0.1, -0.05) is 32.0 Å². The summed E-state index contributed by atoms with van der Waals surface area (Å²) in [4.78, 5) is 32.6. The number of nitrogens with one attached hydrogen (secondary N) is 1. The van der Waals surface area contributed by atoms with Crippen LogP contribution in [0.4, 0.5) is 5.69 Å². The summed E-state index contributed by atoms with van der Waals surface area (Å²) in [5.41, 5.74) is 3.02. The highest BCUT2D eigenvalue weighted by Gasteiger charge is 2.18. The number of carboxylic acid groups (broad SMARTS) is 1. The second-order valence-electron chi connectivity index (χ2n) is 7.38. The van der Waals surface area contributed by atoms with Crippen molar-refractivity contribution in [3.05, 3.63) is 81.8 Å². The van der Waals surface area contributed by atoms with Crippen LogP contribution in [0.3, 0.4) is 0 Å². The molecule has 2 aromatic carbocycles. The number of hydrogen-bond donors (Lipinski definition) is 2. The van der Waals surface area contributed by atoms with Gasteiger partial charge < -0.3 is 19.6 Å². The molecule has 2 aromatic heterocycles. The lowest BCUT2D eigenvalue weighted by Crippen LogP contribution is -2.12. The first-order chi connectivity index (χ1) is 16.4. The van der Waals surface area contributed by atoms with Crippen LogP contribution >= 0.6 is 0 Å². The van der Waals surface area contributed by atoms with E-state index in [2.05, 4.69) is 15.3 Å². The van der Waals surface area contributed by atoms with Gasteiger partial charge in [0, 0.05) is 29.7 Å². The summed E-state index contributed by atoms with van der Waals surface area (Å²) in [5.74, 6) is -0.698. The van der Waals surface area contributed by atoms with Crippen molar-refractivity contribution in [3.8, 4) is 17.3 Å². The number of fused-ring (bicyclic) bond motifs is 1. The third-order valence-corrected chi connectivity index (χ3v) is 5.09. The molecule has 0 spiro atoms. The molecule has 0 aliphatic rings. The van der Waals surface area contributed by atoms with Crippen LogP contribution in [0.2, 0.25) is 0 Å². The molecule has 1 atom stereocenters. The van der Waals surface area contributed by atoms with Gasteiger partial charge in [0.15, 0.2) is 5.43 Å². The van der Waals surface area contributed by atoms with Crippen molar-refractivity contribution >= 4 is 22.6 Å². The Kier molecular flexibility index (Phi) is 7.63. The molecule has 34 heavy (non-hydrogen) atoms. The van der Waals surface area contributed by atoms with Gasteiger partial charge in [-0.25, -0.2) is 14.8 Å². The van der Waals surface area contributed by atoms with Gasteiger partial charge in [-0.3, -0.25) is 4.79 Å². The van der Waals surface area contributed by atoms with Crippen LogP contribution in [-0.4, -0.2) is 28.2 Å². The third-order valence-electron chi connectivity index (χ3n) is 5.09. The van der Waals surface area contributed by atoms with Gasteiger partial charge in [-0.05, 0) is 37.6 Å². The summed E-state index contributed by atoms with van der Waals surface area (Å²) in [6.45, 7) is 7.78. The minimum atomic E-state index is -1.03. The summed E-state index contributed by atoms with van der Waals surface area (Å²) in [5, 5.41) is 13.2. The summed E-state index contributed by atoms with van der Waals surface area (Å²) in [7, 11) is 1.47. The Balaban J connectivity index is 0.00000158. The molecule has 8 nitrogen and oxygen atoms in total. The summed E-state index contributed by atoms with van der Waals surface area (Å²) < 4.78 is 11.1. The number of anilines is 1. The van der Waals surface area contributed by atoms with Crippen molar-refractivity contribution in [1.82, 2.24) is 9.97 Å². The number of carbonyl (C=O) groups is 1. The Hall–Kier alpha value is -4.20. The maximum absolute atomic E-state index is 12.9. The van der Waals surface area contributed by atoms with Crippen molar-refractivity contribution in [2.75, 3.05) is 12.4 Å². The van der Waals surface area contributed by atoms with E-state index < -0.39 is 5.97 Å². The molecule has 0 saturated carbocycles. The van der Waals surface area contributed by atoms with Crippen LogP contribution < -0.4 is 15.5 Å². The second kappa shape index (κ2) is 10.6. The lowest BCUT2D eigenvalue weighted by molar-refractivity contribution is 0.0698. The minimum Gasteiger partial charge on any atom is -0.478 e. The molecule has 0 aliphatic heterocycles. The lowest BCUT2D eigenvalue weighted by atomic mass is 10.0. The highest BCUT2D eigenvalue weighted by molar-refractivity contribution is 5.94. The normalized spacial score (nSPS) is 11.3. The van der Waals surface area contributed by atoms with Crippen LogP contribution in [0, 0.1) is 6.92 Å². The van der Waals surface area contributed by atoms with E-state index in [1.54, 1.807) is 24.3 Å².